The first kappa shape index (κ1) is 14.3. The Kier molecular flexibility index (Phi) is 4.57. The number of carbonyl (C=O) groups excluding carboxylic acids is 2. The van der Waals surface area contributed by atoms with E-state index in [0.717, 1.165) is 5.56 Å². The van der Waals surface area contributed by atoms with Crippen molar-refractivity contribution in [2.45, 2.75) is 6.42 Å². The maximum Gasteiger partial charge on any atom is 0.284 e. The van der Waals surface area contributed by atoms with E-state index in [-0.39, 0.29) is 11.8 Å². The summed E-state index contributed by atoms with van der Waals surface area (Å²) in [6, 6.07) is 5.60. The van der Waals surface area contributed by atoms with E-state index >= 15 is 0 Å². The summed E-state index contributed by atoms with van der Waals surface area (Å²) < 4.78 is 10.4. The van der Waals surface area contributed by atoms with E-state index < -0.39 is 0 Å². The standard InChI is InChI=1S/C14H18N2O4/c1-19-11-4-3-10(7-12(11)20-2)5-6-16-13(17)8-15-9-14(16)18/h3-4,7,15H,5-6,8-9H2,1-2H3/p+1. The summed E-state index contributed by atoms with van der Waals surface area (Å²) >= 11 is 0. The van der Waals surface area contributed by atoms with Crippen LogP contribution in [0.2, 0.25) is 0 Å². The molecule has 6 nitrogen and oxygen atoms in total. The number of nitrogens with zero attached hydrogens (tertiary/aromatic N) is 1. The summed E-state index contributed by atoms with van der Waals surface area (Å²) in [4.78, 5) is 24.7. The second-order valence-electron chi connectivity index (χ2n) is 4.58. The first-order valence-electron chi connectivity index (χ1n) is 6.51. The lowest BCUT2D eigenvalue weighted by Crippen LogP contribution is -2.92. The zero-order valence-electron chi connectivity index (χ0n) is 11.7. The monoisotopic (exact) mass is 279 g/mol. The Morgan fingerprint density at radius 1 is 1.10 bits per heavy atom. The van der Waals surface area contributed by atoms with Crippen LogP contribution in [0.4, 0.5) is 0 Å². The summed E-state index contributed by atoms with van der Waals surface area (Å²) in [6.45, 7) is 1.09. The highest BCUT2D eigenvalue weighted by Gasteiger charge is 2.28. The van der Waals surface area contributed by atoms with Crippen LogP contribution in [-0.2, 0) is 16.0 Å². The van der Waals surface area contributed by atoms with Crippen molar-refractivity contribution < 1.29 is 24.4 Å². The van der Waals surface area contributed by atoms with Crippen molar-refractivity contribution in [1.29, 1.82) is 0 Å². The van der Waals surface area contributed by atoms with Crippen LogP contribution in [0.25, 0.3) is 0 Å². The lowest BCUT2D eigenvalue weighted by Gasteiger charge is -2.23. The number of hydrogen-bond donors (Lipinski definition) is 1. The molecule has 0 spiro atoms. The van der Waals surface area contributed by atoms with Gasteiger partial charge in [0, 0.05) is 6.54 Å². The van der Waals surface area contributed by atoms with Crippen LogP contribution in [0.5, 0.6) is 11.5 Å². The highest BCUT2D eigenvalue weighted by Crippen LogP contribution is 2.27. The van der Waals surface area contributed by atoms with Gasteiger partial charge in [-0.25, -0.2) is 0 Å². The van der Waals surface area contributed by atoms with Gasteiger partial charge in [-0.1, -0.05) is 6.07 Å². The SMILES string of the molecule is COc1ccc(CCN2C(=O)C[NH2+]CC2=O)cc1OC. The molecule has 6 heteroatoms. The van der Waals surface area contributed by atoms with Gasteiger partial charge in [0.15, 0.2) is 24.6 Å². The molecule has 0 aromatic heterocycles. The van der Waals surface area contributed by atoms with Gasteiger partial charge in [-0.3, -0.25) is 14.5 Å². The molecule has 0 unspecified atom stereocenters. The van der Waals surface area contributed by atoms with Crippen molar-refractivity contribution in [1.82, 2.24) is 4.90 Å². The zero-order chi connectivity index (χ0) is 14.5. The molecule has 0 aliphatic carbocycles. The number of piperazine rings is 1. The quantitative estimate of drug-likeness (QED) is 0.715. The summed E-state index contributed by atoms with van der Waals surface area (Å²) in [5.74, 6) is 1.06. The van der Waals surface area contributed by atoms with Crippen LogP contribution in [0, 0.1) is 0 Å². The van der Waals surface area contributed by atoms with Crippen molar-refractivity contribution in [2.24, 2.45) is 0 Å². The Morgan fingerprint density at radius 3 is 2.35 bits per heavy atom. The van der Waals surface area contributed by atoms with E-state index in [0.29, 0.717) is 37.6 Å². The van der Waals surface area contributed by atoms with Gasteiger partial charge in [-0.2, -0.15) is 0 Å². The highest BCUT2D eigenvalue weighted by atomic mass is 16.5. The van der Waals surface area contributed by atoms with E-state index in [2.05, 4.69) is 0 Å². The molecule has 108 valence electrons. The Hall–Kier alpha value is -2.08. The second kappa shape index (κ2) is 6.38. The van der Waals surface area contributed by atoms with Crippen molar-refractivity contribution in [3.05, 3.63) is 23.8 Å². The van der Waals surface area contributed by atoms with Gasteiger partial charge in [-0.05, 0) is 24.1 Å². The predicted molar refractivity (Wildman–Crippen MR) is 71.6 cm³/mol. The number of quaternary nitrogens is 1. The maximum absolute atomic E-state index is 11.7. The van der Waals surface area contributed by atoms with Crippen molar-refractivity contribution in [3.63, 3.8) is 0 Å². The number of amides is 2. The molecule has 1 fully saturated rings. The highest BCUT2D eigenvalue weighted by molar-refractivity contribution is 5.97. The first-order chi connectivity index (χ1) is 9.65. The largest absolute Gasteiger partial charge is 0.493 e. The lowest BCUT2D eigenvalue weighted by atomic mass is 10.1. The average molecular weight is 279 g/mol. The molecule has 2 N–H and O–H groups in total. The molecule has 2 amide bonds. The fraction of sp³-hybridized carbons (Fsp3) is 0.429. The number of ether oxygens (including phenoxy) is 2. The van der Waals surface area contributed by atoms with Crippen LogP contribution >= 0.6 is 0 Å². The summed E-state index contributed by atoms with van der Waals surface area (Å²) in [5.41, 5.74) is 0.998. The fourth-order valence-corrected chi connectivity index (χ4v) is 2.21. The van der Waals surface area contributed by atoms with Crippen LogP contribution in [-0.4, -0.2) is 50.6 Å². The minimum absolute atomic E-state index is 0.123. The fourth-order valence-electron chi connectivity index (χ4n) is 2.21. The van der Waals surface area contributed by atoms with Crippen molar-refractivity contribution in [2.75, 3.05) is 33.9 Å². The van der Waals surface area contributed by atoms with E-state index in [9.17, 15) is 9.59 Å². The van der Waals surface area contributed by atoms with Crippen molar-refractivity contribution in [3.8, 4) is 11.5 Å². The Labute approximate surface area is 117 Å². The molecule has 1 aromatic rings. The Bertz CT molecular complexity index is 500. The second-order valence-corrected chi connectivity index (χ2v) is 4.58. The molecule has 0 atom stereocenters. The topological polar surface area (TPSA) is 72.5 Å². The summed E-state index contributed by atoms with van der Waals surface area (Å²) in [7, 11) is 3.16. The molecular weight excluding hydrogens is 260 g/mol. The third-order valence-corrected chi connectivity index (χ3v) is 3.31. The maximum atomic E-state index is 11.7. The number of benzene rings is 1. The molecule has 0 saturated carbocycles. The normalized spacial score (nSPS) is 15.4. The number of rotatable bonds is 5. The molecule has 1 aliphatic rings. The number of methoxy groups -OCH3 is 2. The van der Waals surface area contributed by atoms with Crippen LogP contribution in [0.1, 0.15) is 5.56 Å². The molecule has 0 radical (unpaired) electrons. The number of imide groups is 1. The minimum Gasteiger partial charge on any atom is -0.493 e. The van der Waals surface area contributed by atoms with E-state index in [4.69, 9.17) is 9.47 Å². The number of hydrogen-bond acceptors (Lipinski definition) is 4. The first-order valence-corrected chi connectivity index (χ1v) is 6.51. The molecule has 1 aliphatic heterocycles. The smallest absolute Gasteiger partial charge is 0.284 e. The summed E-state index contributed by atoms with van der Waals surface area (Å²) in [5, 5.41) is 1.72. The van der Waals surface area contributed by atoms with Gasteiger partial charge >= 0.3 is 0 Å². The molecule has 2 rings (SSSR count). The Morgan fingerprint density at radius 2 is 1.75 bits per heavy atom. The van der Waals surface area contributed by atoms with Crippen molar-refractivity contribution >= 4 is 11.8 Å². The van der Waals surface area contributed by atoms with Gasteiger partial charge in [0.1, 0.15) is 0 Å². The molecule has 20 heavy (non-hydrogen) atoms. The van der Waals surface area contributed by atoms with Gasteiger partial charge in [-0.15, -0.1) is 0 Å². The molecule has 0 bridgehead atoms. The van der Waals surface area contributed by atoms with E-state index in [1.807, 2.05) is 18.2 Å². The minimum atomic E-state index is -0.123. The van der Waals surface area contributed by atoms with Gasteiger partial charge in [0.05, 0.1) is 14.2 Å². The van der Waals surface area contributed by atoms with Crippen LogP contribution in [0.15, 0.2) is 18.2 Å². The molecule has 1 saturated heterocycles. The lowest BCUT2D eigenvalue weighted by molar-refractivity contribution is -0.637. The van der Waals surface area contributed by atoms with E-state index in [1.165, 1.54) is 4.90 Å². The van der Waals surface area contributed by atoms with Crippen LogP contribution < -0.4 is 14.8 Å². The predicted octanol–water partition coefficient (Wildman–Crippen LogP) is -0.821. The Balaban J connectivity index is 2.03. The number of nitrogens with two attached hydrogens (primary N) is 1. The average Bonchev–Trinajstić information content (AvgIpc) is 2.46. The van der Waals surface area contributed by atoms with Gasteiger partial charge in [0.2, 0.25) is 0 Å². The van der Waals surface area contributed by atoms with Crippen LogP contribution in [0.3, 0.4) is 0 Å². The molecule has 1 aromatic carbocycles. The zero-order valence-corrected chi connectivity index (χ0v) is 11.7. The number of carbonyl (C=O) groups is 2. The van der Waals surface area contributed by atoms with Gasteiger partial charge < -0.3 is 14.8 Å². The molecular formula is C14H19N2O4+. The third kappa shape index (κ3) is 3.08. The van der Waals surface area contributed by atoms with E-state index in [1.54, 1.807) is 19.5 Å². The molecule has 1 heterocycles. The van der Waals surface area contributed by atoms with Gasteiger partial charge in [0.25, 0.3) is 11.8 Å². The third-order valence-electron chi connectivity index (χ3n) is 3.31. The summed E-state index contributed by atoms with van der Waals surface area (Å²) in [6.07, 6.45) is 0.609.